The second-order valence-corrected chi connectivity index (χ2v) is 5.82. The molecule has 0 aromatic carbocycles. The Labute approximate surface area is 125 Å². The van der Waals surface area contributed by atoms with E-state index >= 15 is 0 Å². The van der Waals surface area contributed by atoms with Crippen molar-refractivity contribution in [1.82, 2.24) is 14.9 Å². The number of hydrogen-bond donors (Lipinski definition) is 1. The largest absolute Gasteiger partial charge is 0.370 e. The van der Waals surface area contributed by atoms with Crippen LogP contribution in [0, 0.1) is 6.92 Å². The molecule has 6 heteroatoms. The summed E-state index contributed by atoms with van der Waals surface area (Å²) in [5.74, 6) is 2.23. The quantitative estimate of drug-likeness (QED) is 0.908. The number of fused-ring (bicyclic) bond motifs is 1. The molecule has 1 aromatic heterocycles. The molecule has 2 aliphatic heterocycles. The molecule has 2 aliphatic rings. The lowest BCUT2D eigenvalue weighted by Gasteiger charge is -2.38. The Bertz CT molecular complexity index is 533. The first-order valence-electron chi connectivity index (χ1n) is 7.80. The maximum Gasteiger partial charge on any atom is 0.223 e. The normalized spacial score (nSPS) is 21.6. The number of carbonyl (C=O) groups is 1. The van der Waals surface area contributed by atoms with Gasteiger partial charge in [0.25, 0.3) is 0 Å². The van der Waals surface area contributed by atoms with Gasteiger partial charge in [0.15, 0.2) is 0 Å². The third kappa shape index (κ3) is 2.66. The highest BCUT2D eigenvalue weighted by Gasteiger charge is 2.36. The molecule has 1 aromatic rings. The molecule has 21 heavy (non-hydrogen) atoms. The average molecular weight is 289 g/mol. The van der Waals surface area contributed by atoms with Crippen molar-refractivity contribution in [3.8, 4) is 0 Å². The summed E-state index contributed by atoms with van der Waals surface area (Å²) >= 11 is 0. The molecular weight excluding hydrogens is 266 g/mol. The number of hydrogen-bond acceptors (Lipinski definition) is 5. The van der Waals surface area contributed by atoms with Crippen LogP contribution in [0.3, 0.4) is 0 Å². The standard InChI is InChI=1S/C15H23N5O/c1-3-6-16-14-11(2)15(18-10-17-14)19-7-8-20-12(9-19)4-5-13(20)21/h10,12H,3-9H2,1-2H3,(H,16,17,18). The minimum Gasteiger partial charge on any atom is -0.370 e. The predicted molar refractivity (Wildman–Crippen MR) is 82.5 cm³/mol. The smallest absolute Gasteiger partial charge is 0.223 e. The van der Waals surface area contributed by atoms with E-state index in [1.54, 1.807) is 6.33 Å². The van der Waals surface area contributed by atoms with Crippen molar-refractivity contribution in [3.63, 3.8) is 0 Å². The number of piperazine rings is 1. The Morgan fingerprint density at radius 1 is 1.38 bits per heavy atom. The van der Waals surface area contributed by atoms with Gasteiger partial charge in [0, 0.05) is 44.2 Å². The molecule has 2 saturated heterocycles. The van der Waals surface area contributed by atoms with Crippen LogP contribution < -0.4 is 10.2 Å². The van der Waals surface area contributed by atoms with Crippen LogP contribution in [0.25, 0.3) is 0 Å². The molecule has 0 aliphatic carbocycles. The second-order valence-electron chi connectivity index (χ2n) is 5.82. The highest BCUT2D eigenvalue weighted by Crippen LogP contribution is 2.28. The molecule has 0 radical (unpaired) electrons. The van der Waals surface area contributed by atoms with Crippen molar-refractivity contribution < 1.29 is 4.79 Å². The maximum atomic E-state index is 11.8. The van der Waals surface area contributed by atoms with Gasteiger partial charge in [-0.25, -0.2) is 9.97 Å². The van der Waals surface area contributed by atoms with Crippen LogP contribution in [0.15, 0.2) is 6.33 Å². The number of rotatable bonds is 4. The van der Waals surface area contributed by atoms with Crippen molar-refractivity contribution >= 4 is 17.5 Å². The molecular formula is C15H23N5O. The van der Waals surface area contributed by atoms with Gasteiger partial charge in [0.05, 0.1) is 0 Å². The van der Waals surface area contributed by atoms with E-state index in [9.17, 15) is 4.79 Å². The van der Waals surface area contributed by atoms with Gasteiger partial charge in [-0.1, -0.05) is 6.92 Å². The third-order valence-electron chi connectivity index (χ3n) is 4.39. The Kier molecular flexibility index (Phi) is 3.94. The lowest BCUT2D eigenvalue weighted by molar-refractivity contribution is -0.129. The van der Waals surface area contributed by atoms with Crippen LogP contribution in [0.4, 0.5) is 11.6 Å². The summed E-state index contributed by atoms with van der Waals surface area (Å²) in [6.45, 7) is 7.68. The van der Waals surface area contributed by atoms with Crippen LogP contribution in [0.5, 0.6) is 0 Å². The zero-order chi connectivity index (χ0) is 14.8. The lowest BCUT2D eigenvalue weighted by atomic mass is 10.1. The van der Waals surface area contributed by atoms with E-state index in [0.29, 0.717) is 18.4 Å². The molecule has 1 amide bonds. The molecule has 3 rings (SSSR count). The third-order valence-corrected chi connectivity index (χ3v) is 4.39. The van der Waals surface area contributed by atoms with Crippen molar-refractivity contribution in [2.75, 3.05) is 36.4 Å². The first-order valence-corrected chi connectivity index (χ1v) is 7.80. The molecule has 6 nitrogen and oxygen atoms in total. The zero-order valence-corrected chi connectivity index (χ0v) is 12.8. The second kappa shape index (κ2) is 5.87. The number of nitrogens with zero attached hydrogens (tertiary/aromatic N) is 4. The molecule has 0 spiro atoms. The number of aromatic nitrogens is 2. The molecule has 1 unspecified atom stereocenters. The Morgan fingerprint density at radius 2 is 2.24 bits per heavy atom. The fourth-order valence-electron chi connectivity index (χ4n) is 3.24. The van der Waals surface area contributed by atoms with Gasteiger partial charge in [-0.3, -0.25) is 4.79 Å². The van der Waals surface area contributed by atoms with Gasteiger partial charge in [-0.2, -0.15) is 0 Å². The van der Waals surface area contributed by atoms with Gasteiger partial charge < -0.3 is 15.1 Å². The number of amides is 1. The monoisotopic (exact) mass is 289 g/mol. The molecule has 114 valence electrons. The van der Waals surface area contributed by atoms with Crippen molar-refractivity contribution in [3.05, 3.63) is 11.9 Å². The van der Waals surface area contributed by atoms with Crippen LogP contribution in [-0.4, -0.2) is 53.0 Å². The summed E-state index contributed by atoms with van der Waals surface area (Å²) in [6, 6.07) is 0.354. The first kappa shape index (κ1) is 14.1. The van der Waals surface area contributed by atoms with E-state index in [1.807, 2.05) is 4.90 Å². The van der Waals surface area contributed by atoms with Gasteiger partial charge in [-0.05, 0) is 19.8 Å². The predicted octanol–water partition coefficient (Wildman–Crippen LogP) is 1.42. The zero-order valence-electron chi connectivity index (χ0n) is 12.8. The SMILES string of the molecule is CCCNc1ncnc(N2CCN3C(=O)CCC3C2)c1C. The van der Waals surface area contributed by atoms with Crippen LogP contribution in [-0.2, 0) is 4.79 Å². The minimum absolute atomic E-state index is 0.310. The van der Waals surface area contributed by atoms with Crippen molar-refractivity contribution in [1.29, 1.82) is 0 Å². The minimum atomic E-state index is 0.310. The van der Waals surface area contributed by atoms with Gasteiger partial charge in [-0.15, -0.1) is 0 Å². The van der Waals surface area contributed by atoms with E-state index in [-0.39, 0.29) is 0 Å². The van der Waals surface area contributed by atoms with Gasteiger partial charge in [0.1, 0.15) is 18.0 Å². The summed E-state index contributed by atoms with van der Waals surface area (Å²) in [5.41, 5.74) is 1.10. The molecule has 3 heterocycles. The maximum absolute atomic E-state index is 11.8. The number of anilines is 2. The van der Waals surface area contributed by atoms with Gasteiger partial charge in [0.2, 0.25) is 5.91 Å². The number of carbonyl (C=O) groups excluding carboxylic acids is 1. The average Bonchev–Trinajstić information content (AvgIpc) is 2.87. The van der Waals surface area contributed by atoms with E-state index in [4.69, 9.17) is 0 Å². The summed E-state index contributed by atoms with van der Waals surface area (Å²) in [7, 11) is 0. The molecule has 1 atom stereocenters. The van der Waals surface area contributed by atoms with E-state index in [2.05, 4.69) is 34.0 Å². The summed E-state index contributed by atoms with van der Waals surface area (Å²) in [5, 5.41) is 3.35. The lowest BCUT2D eigenvalue weighted by Crippen LogP contribution is -2.52. The summed E-state index contributed by atoms with van der Waals surface area (Å²) < 4.78 is 0. The fraction of sp³-hybridized carbons (Fsp3) is 0.667. The Hall–Kier alpha value is -1.85. The Balaban J connectivity index is 1.76. The fourth-order valence-corrected chi connectivity index (χ4v) is 3.24. The van der Waals surface area contributed by atoms with E-state index in [1.165, 1.54) is 0 Å². The van der Waals surface area contributed by atoms with E-state index in [0.717, 1.165) is 56.2 Å². The summed E-state index contributed by atoms with van der Waals surface area (Å²) in [4.78, 5) is 24.9. The highest BCUT2D eigenvalue weighted by molar-refractivity contribution is 5.79. The molecule has 0 bridgehead atoms. The van der Waals surface area contributed by atoms with Crippen LogP contribution >= 0.6 is 0 Å². The highest BCUT2D eigenvalue weighted by atomic mass is 16.2. The Morgan fingerprint density at radius 3 is 3.05 bits per heavy atom. The first-order chi connectivity index (χ1) is 10.2. The van der Waals surface area contributed by atoms with E-state index < -0.39 is 0 Å². The van der Waals surface area contributed by atoms with Crippen LogP contribution in [0.1, 0.15) is 31.7 Å². The number of nitrogens with one attached hydrogen (secondary N) is 1. The summed E-state index contributed by atoms with van der Waals surface area (Å²) in [6.07, 6.45) is 4.37. The van der Waals surface area contributed by atoms with Crippen molar-refractivity contribution in [2.24, 2.45) is 0 Å². The molecule has 0 saturated carbocycles. The molecule has 2 fully saturated rings. The van der Waals surface area contributed by atoms with Crippen molar-refractivity contribution in [2.45, 2.75) is 39.2 Å². The van der Waals surface area contributed by atoms with Gasteiger partial charge >= 0.3 is 0 Å². The topological polar surface area (TPSA) is 61.4 Å². The van der Waals surface area contributed by atoms with Crippen LogP contribution in [0.2, 0.25) is 0 Å². The molecule has 1 N–H and O–H groups in total.